The molecule has 1 N–H and O–H groups in total. The Kier molecular flexibility index (Phi) is 3.85. The monoisotopic (exact) mass is 284 g/mol. The Morgan fingerprint density at radius 2 is 1.95 bits per heavy atom. The molecule has 0 amide bonds. The van der Waals surface area contributed by atoms with Crippen LogP contribution < -0.4 is 10.1 Å². The molecule has 1 aromatic heterocycles. The summed E-state index contributed by atoms with van der Waals surface area (Å²) in [6.45, 7) is 1.79. The fraction of sp³-hybridized carbons (Fsp3) is 0.154. The van der Waals surface area contributed by atoms with Gasteiger partial charge in [-0.1, -0.05) is 11.6 Å². The Balaban J connectivity index is 2.34. The van der Waals surface area contributed by atoms with Crippen LogP contribution in [0.2, 0.25) is 5.02 Å². The average molecular weight is 285 g/mol. The van der Waals surface area contributed by atoms with Gasteiger partial charge >= 0.3 is 0 Å². The second kappa shape index (κ2) is 5.40. The van der Waals surface area contributed by atoms with Gasteiger partial charge in [0, 0.05) is 18.1 Å². The third kappa shape index (κ3) is 2.93. The Hall–Kier alpha value is -1.88. The molecule has 0 radical (unpaired) electrons. The molecule has 0 spiro atoms. The molecule has 0 bridgehead atoms. The van der Waals surface area contributed by atoms with Gasteiger partial charge in [-0.25, -0.2) is 8.78 Å². The summed E-state index contributed by atoms with van der Waals surface area (Å²) in [6.07, 6.45) is 0. The van der Waals surface area contributed by atoms with Gasteiger partial charge < -0.3 is 10.1 Å². The Bertz CT molecular complexity index is 620. The number of benzene rings is 1. The first-order chi connectivity index (χ1) is 9.01. The van der Waals surface area contributed by atoms with E-state index in [-0.39, 0.29) is 11.7 Å². The standard InChI is InChI=1S/C13H11ClF2N2O/c1-7-5-8(3-4-9(7)14)19-13-11(16)6-10(15)12(17-2)18-13/h3-6H,1-2H3,(H,17,18). The third-order valence-corrected chi connectivity index (χ3v) is 2.90. The maximum Gasteiger partial charge on any atom is 0.258 e. The van der Waals surface area contributed by atoms with E-state index in [0.717, 1.165) is 11.6 Å². The van der Waals surface area contributed by atoms with E-state index in [1.165, 1.54) is 7.05 Å². The lowest BCUT2D eigenvalue weighted by molar-refractivity contribution is 0.418. The van der Waals surface area contributed by atoms with Crippen molar-refractivity contribution in [1.82, 2.24) is 4.98 Å². The molecule has 2 aromatic rings. The molecule has 3 nitrogen and oxygen atoms in total. The number of aromatic nitrogens is 1. The summed E-state index contributed by atoms with van der Waals surface area (Å²) in [6, 6.07) is 5.58. The predicted octanol–water partition coefficient (Wildman–Crippen LogP) is 4.16. The van der Waals surface area contributed by atoms with Gasteiger partial charge in [-0.3, -0.25) is 0 Å². The molecule has 0 aliphatic rings. The van der Waals surface area contributed by atoms with Crippen molar-refractivity contribution < 1.29 is 13.5 Å². The first-order valence-corrected chi connectivity index (χ1v) is 5.87. The fourth-order valence-electron chi connectivity index (χ4n) is 1.49. The number of nitrogens with one attached hydrogen (secondary N) is 1. The molecule has 0 saturated heterocycles. The van der Waals surface area contributed by atoms with Crippen LogP contribution in [0.4, 0.5) is 14.6 Å². The van der Waals surface area contributed by atoms with Gasteiger partial charge in [0.2, 0.25) is 0 Å². The molecule has 0 fully saturated rings. The van der Waals surface area contributed by atoms with Crippen LogP contribution in [0, 0.1) is 18.6 Å². The largest absolute Gasteiger partial charge is 0.436 e. The molecule has 6 heteroatoms. The smallest absolute Gasteiger partial charge is 0.258 e. The van der Waals surface area contributed by atoms with Crippen molar-refractivity contribution in [3.8, 4) is 11.6 Å². The van der Waals surface area contributed by atoms with Crippen molar-refractivity contribution in [2.75, 3.05) is 12.4 Å². The van der Waals surface area contributed by atoms with Gasteiger partial charge in [0.25, 0.3) is 5.88 Å². The maximum absolute atomic E-state index is 13.6. The minimum absolute atomic E-state index is 0.0814. The number of aryl methyl sites for hydroxylation is 1. The maximum atomic E-state index is 13.6. The highest BCUT2D eigenvalue weighted by atomic mass is 35.5. The van der Waals surface area contributed by atoms with E-state index in [0.29, 0.717) is 10.8 Å². The molecule has 2 rings (SSSR count). The first-order valence-electron chi connectivity index (χ1n) is 5.49. The second-order valence-corrected chi connectivity index (χ2v) is 4.28. The molecule has 0 saturated carbocycles. The van der Waals surface area contributed by atoms with Crippen LogP contribution in [-0.4, -0.2) is 12.0 Å². The number of hydrogen-bond acceptors (Lipinski definition) is 3. The Morgan fingerprint density at radius 3 is 2.58 bits per heavy atom. The summed E-state index contributed by atoms with van der Waals surface area (Å²) in [5.74, 6) is -1.65. The zero-order valence-electron chi connectivity index (χ0n) is 10.3. The fourth-order valence-corrected chi connectivity index (χ4v) is 1.61. The molecule has 100 valence electrons. The molecular weight excluding hydrogens is 274 g/mol. The molecule has 19 heavy (non-hydrogen) atoms. The van der Waals surface area contributed by atoms with E-state index in [9.17, 15) is 8.78 Å². The summed E-state index contributed by atoms with van der Waals surface area (Å²) < 4.78 is 32.1. The van der Waals surface area contributed by atoms with Crippen LogP contribution in [0.15, 0.2) is 24.3 Å². The average Bonchev–Trinajstić information content (AvgIpc) is 2.37. The highest BCUT2D eigenvalue weighted by Crippen LogP contribution is 2.28. The van der Waals surface area contributed by atoms with Crippen molar-refractivity contribution in [2.45, 2.75) is 6.92 Å². The van der Waals surface area contributed by atoms with Crippen LogP contribution in [0.3, 0.4) is 0 Å². The summed E-state index contributed by atoms with van der Waals surface area (Å²) >= 11 is 5.88. The van der Waals surface area contributed by atoms with Gasteiger partial charge in [-0.15, -0.1) is 0 Å². The second-order valence-electron chi connectivity index (χ2n) is 3.87. The number of ether oxygens (including phenoxy) is 1. The third-order valence-electron chi connectivity index (χ3n) is 2.48. The highest BCUT2D eigenvalue weighted by Gasteiger charge is 2.13. The topological polar surface area (TPSA) is 34.2 Å². The van der Waals surface area contributed by atoms with Gasteiger partial charge in [0.05, 0.1) is 0 Å². The zero-order valence-corrected chi connectivity index (χ0v) is 11.1. The molecule has 0 unspecified atom stereocenters. The van der Waals surface area contributed by atoms with Gasteiger partial charge in [-0.05, 0) is 30.7 Å². The number of halogens is 3. The molecule has 0 aliphatic heterocycles. The number of hydrogen-bond donors (Lipinski definition) is 1. The normalized spacial score (nSPS) is 10.4. The SMILES string of the molecule is CNc1nc(Oc2ccc(Cl)c(C)c2)c(F)cc1F. The van der Waals surface area contributed by atoms with E-state index in [1.807, 2.05) is 0 Å². The Morgan fingerprint density at radius 1 is 1.21 bits per heavy atom. The minimum atomic E-state index is -0.871. The summed E-state index contributed by atoms with van der Waals surface area (Å²) in [5, 5.41) is 3.09. The number of pyridine rings is 1. The van der Waals surface area contributed by atoms with E-state index in [4.69, 9.17) is 16.3 Å². The highest BCUT2D eigenvalue weighted by molar-refractivity contribution is 6.31. The number of nitrogens with zero attached hydrogens (tertiary/aromatic N) is 1. The lowest BCUT2D eigenvalue weighted by atomic mass is 10.2. The van der Waals surface area contributed by atoms with Gasteiger partial charge in [-0.2, -0.15) is 4.98 Å². The zero-order chi connectivity index (χ0) is 14.0. The van der Waals surface area contributed by atoms with E-state index < -0.39 is 11.6 Å². The van der Waals surface area contributed by atoms with Crippen LogP contribution >= 0.6 is 11.6 Å². The lowest BCUT2D eigenvalue weighted by Gasteiger charge is -2.09. The summed E-state index contributed by atoms with van der Waals surface area (Å²) in [7, 11) is 1.49. The summed E-state index contributed by atoms with van der Waals surface area (Å²) in [4.78, 5) is 3.72. The van der Waals surface area contributed by atoms with Crippen LogP contribution in [0.25, 0.3) is 0 Å². The van der Waals surface area contributed by atoms with E-state index >= 15 is 0 Å². The predicted molar refractivity (Wildman–Crippen MR) is 70.0 cm³/mol. The summed E-state index contributed by atoms with van der Waals surface area (Å²) in [5.41, 5.74) is 0.788. The number of rotatable bonds is 3. The van der Waals surface area contributed by atoms with E-state index in [1.54, 1.807) is 25.1 Å². The lowest BCUT2D eigenvalue weighted by Crippen LogP contribution is -2.01. The molecule has 1 heterocycles. The van der Waals surface area contributed by atoms with Crippen molar-refractivity contribution in [2.24, 2.45) is 0 Å². The van der Waals surface area contributed by atoms with Gasteiger partial charge in [0.15, 0.2) is 17.5 Å². The molecule has 0 aliphatic carbocycles. The van der Waals surface area contributed by atoms with Crippen molar-refractivity contribution in [3.05, 3.63) is 46.5 Å². The first kappa shape index (κ1) is 13.5. The molecular formula is C13H11ClF2N2O. The van der Waals surface area contributed by atoms with Crippen molar-refractivity contribution >= 4 is 17.4 Å². The number of anilines is 1. The quantitative estimate of drug-likeness (QED) is 0.919. The van der Waals surface area contributed by atoms with Crippen LogP contribution in [0.1, 0.15) is 5.56 Å². The molecule has 1 aromatic carbocycles. The van der Waals surface area contributed by atoms with Gasteiger partial charge in [0.1, 0.15) is 5.75 Å². The van der Waals surface area contributed by atoms with Crippen LogP contribution in [0.5, 0.6) is 11.6 Å². The van der Waals surface area contributed by atoms with Crippen LogP contribution in [-0.2, 0) is 0 Å². The minimum Gasteiger partial charge on any atom is -0.436 e. The Labute approximate surface area is 114 Å². The van der Waals surface area contributed by atoms with E-state index in [2.05, 4.69) is 10.3 Å². The molecule has 0 atom stereocenters. The van der Waals surface area contributed by atoms with Crippen molar-refractivity contribution in [1.29, 1.82) is 0 Å². The van der Waals surface area contributed by atoms with Crippen molar-refractivity contribution in [3.63, 3.8) is 0 Å².